The number of β-lactam (4-membered cyclic amide) rings is 1. The number of hydrogen-bond acceptors (Lipinski definition) is 6. The van der Waals surface area contributed by atoms with E-state index in [2.05, 4.69) is 29.8 Å². The Labute approximate surface area is 319 Å². The van der Waals surface area contributed by atoms with E-state index in [1.807, 2.05) is 12.0 Å². The zero-order valence-corrected chi connectivity index (χ0v) is 34.4. The van der Waals surface area contributed by atoms with Gasteiger partial charge in [-0.15, -0.1) is 0 Å². The van der Waals surface area contributed by atoms with Gasteiger partial charge in [-0.3, -0.25) is 14.4 Å². The quantitative estimate of drug-likeness (QED) is 0.200. The van der Waals surface area contributed by atoms with Crippen molar-refractivity contribution in [3.05, 3.63) is 11.3 Å². The van der Waals surface area contributed by atoms with E-state index in [-0.39, 0.29) is 42.0 Å². The predicted molar refractivity (Wildman–Crippen MR) is 208 cm³/mol. The van der Waals surface area contributed by atoms with Crippen LogP contribution in [-0.4, -0.2) is 109 Å². The summed E-state index contributed by atoms with van der Waals surface area (Å²) in [4.78, 5) is 48.5. The van der Waals surface area contributed by atoms with Crippen LogP contribution >= 0.6 is 0 Å². The lowest BCUT2D eigenvalue weighted by Gasteiger charge is -2.47. The number of methoxy groups -OCH3 is 1. The van der Waals surface area contributed by atoms with Gasteiger partial charge in [-0.25, -0.2) is 0 Å². The van der Waals surface area contributed by atoms with Gasteiger partial charge in [-0.05, 0) is 111 Å². The minimum atomic E-state index is -2.10. The van der Waals surface area contributed by atoms with Crippen LogP contribution < -0.4 is 0 Å². The Hall–Kier alpha value is -1.75. The first-order valence-corrected chi connectivity index (χ1v) is 25.2. The molecule has 4 heterocycles. The summed E-state index contributed by atoms with van der Waals surface area (Å²) >= 11 is 0. The lowest BCUT2D eigenvalue weighted by atomic mass is 9.73. The van der Waals surface area contributed by atoms with Crippen LogP contribution in [0.4, 0.5) is 0 Å². The van der Waals surface area contributed by atoms with Gasteiger partial charge in [0.05, 0.1) is 39.4 Å². The van der Waals surface area contributed by atoms with Crippen molar-refractivity contribution in [3.63, 3.8) is 0 Å². The second-order valence-corrected chi connectivity index (χ2v) is 24.5. The van der Waals surface area contributed by atoms with E-state index in [9.17, 15) is 14.7 Å². The normalized spacial score (nSPS) is 40.8. The highest BCUT2D eigenvalue weighted by atomic mass is 28.3. The molecule has 9 nitrogen and oxygen atoms in total. The average molecular weight is 752 g/mol. The van der Waals surface area contributed by atoms with Crippen LogP contribution in [-0.2, 0) is 23.9 Å². The Morgan fingerprint density at radius 3 is 2.30 bits per heavy atom. The van der Waals surface area contributed by atoms with Gasteiger partial charge >= 0.3 is 0 Å². The van der Waals surface area contributed by atoms with E-state index in [1.165, 1.54) is 37.0 Å². The maximum Gasteiger partial charge on any atom is 0.263 e. The monoisotopic (exact) mass is 751 g/mol. The van der Waals surface area contributed by atoms with E-state index in [0.29, 0.717) is 54.2 Å². The third kappa shape index (κ3) is 6.69. The van der Waals surface area contributed by atoms with Crippen molar-refractivity contribution in [2.24, 2.45) is 23.7 Å². The fourth-order valence-electron chi connectivity index (χ4n) is 13.5. The molecular formula is C43H69N3O6Si. The van der Waals surface area contributed by atoms with Gasteiger partial charge in [-0.2, -0.15) is 0 Å². The van der Waals surface area contributed by atoms with Gasteiger partial charge in [0.2, 0.25) is 11.8 Å². The van der Waals surface area contributed by atoms with Gasteiger partial charge in [-0.1, -0.05) is 52.1 Å². The molecule has 8 rings (SSSR count). The maximum atomic E-state index is 15.3. The van der Waals surface area contributed by atoms with Crippen LogP contribution in [0.3, 0.4) is 0 Å². The van der Waals surface area contributed by atoms with E-state index >= 15 is 4.79 Å². The van der Waals surface area contributed by atoms with Gasteiger partial charge in [0.15, 0.2) is 5.60 Å². The van der Waals surface area contributed by atoms with Crippen molar-refractivity contribution in [3.8, 4) is 0 Å². The molecule has 0 radical (unpaired) electrons. The van der Waals surface area contributed by atoms with Crippen LogP contribution in [0.15, 0.2) is 11.3 Å². The van der Waals surface area contributed by atoms with Crippen molar-refractivity contribution in [2.75, 3.05) is 33.4 Å². The summed E-state index contributed by atoms with van der Waals surface area (Å²) < 4.78 is 13.3. The number of rotatable bonds is 9. The van der Waals surface area contributed by atoms with Gasteiger partial charge in [0.1, 0.15) is 0 Å². The fourth-order valence-corrected chi connectivity index (χ4v) is 18.6. The van der Waals surface area contributed by atoms with Crippen LogP contribution in [0.2, 0.25) is 24.2 Å². The summed E-state index contributed by atoms with van der Waals surface area (Å²) in [6.07, 6.45) is 19.5. The SMILES string of the molecule is COC1CCC([Si](C)(C)[C@H]2[C@H](CC(=O)N3CC4CCCCC4C[C@H]3CO)O[C@@]3(C(=O)N(CC4CCC(N5CCC5=O)CC4)C4=C3CCCC4)[C@@H]2C)CC1. The number of carbonyl (C=O) groups is 3. The Bertz CT molecular complexity index is 1420. The standard InChI is InChI=1S/C43H69N3O6Si/c1-28-41(53(3,4)35-19-17-34(51-2)18-20-35)38(24-40(49)45-26-31-10-6-5-9-30(31)23-33(45)27-47)52-43(28)36-11-7-8-12-37(36)46(42(43)50)25-29-13-15-32(16-14-29)44-22-21-39(44)48/h28-35,38,41,47H,5-27H2,1-4H3/t28-,29?,30?,31?,32?,33+,34?,35?,38+,41-,43+/m1/s1. The molecule has 0 aromatic rings. The smallest absolute Gasteiger partial charge is 0.263 e. The van der Waals surface area contributed by atoms with E-state index in [1.54, 1.807) is 0 Å². The Morgan fingerprint density at radius 2 is 1.64 bits per heavy atom. The molecule has 3 saturated heterocycles. The molecule has 0 aromatic carbocycles. The number of piperidine rings is 1. The number of nitrogens with zero attached hydrogens (tertiary/aromatic N) is 3. The Balaban J connectivity index is 1.07. The summed E-state index contributed by atoms with van der Waals surface area (Å²) in [6.45, 7) is 9.85. The summed E-state index contributed by atoms with van der Waals surface area (Å²) in [6, 6.07) is 0.253. The third-order valence-electron chi connectivity index (χ3n) is 16.6. The number of aliphatic hydroxyl groups excluding tert-OH is 1. The molecule has 6 fully saturated rings. The highest BCUT2D eigenvalue weighted by Gasteiger charge is 2.68. The highest BCUT2D eigenvalue weighted by Crippen LogP contribution is 2.62. The molecule has 53 heavy (non-hydrogen) atoms. The first kappa shape index (κ1) is 38.1. The lowest BCUT2D eigenvalue weighted by molar-refractivity contribution is -0.154. The van der Waals surface area contributed by atoms with E-state index in [4.69, 9.17) is 9.47 Å². The molecule has 0 aromatic heterocycles. The van der Waals surface area contributed by atoms with E-state index < -0.39 is 13.7 Å². The Kier molecular flexibility index (Phi) is 11.0. The van der Waals surface area contributed by atoms with Crippen molar-refractivity contribution in [2.45, 2.75) is 183 Å². The number of carbonyl (C=O) groups excluding carboxylic acids is 3. The molecule has 4 aliphatic carbocycles. The van der Waals surface area contributed by atoms with Gasteiger partial charge in [0, 0.05) is 50.8 Å². The number of allylic oxidation sites excluding steroid dienone is 1. The molecular weight excluding hydrogens is 683 g/mol. The first-order chi connectivity index (χ1) is 25.6. The van der Waals surface area contributed by atoms with Crippen LogP contribution in [0.25, 0.3) is 0 Å². The second-order valence-electron chi connectivity index (χ2n) is 19.4. The first-order valence-electron chi connectivity index (χ1n) is 22.0. The van der Waals surface area contributed by atoms with Gasteiger partial charge < -0.3 is 29.3 Å². The zero-order chi connectivity index (χ0) is 37.1. The maximum absolute atomic E-state index is 15.3. The van der Waals surface area contributed by atoms with Crippen molar-refractivity contribution >= 4 is 25.8 Å². The third-order valence-corrected chi connectivity index (χ3v) is 21.9. The number of fused-ring (bicyclic) bond motifs is 2. The minimum absolute atomic E-state index is 0.00796. The predicted octanol–water partition coefficient (Wildman–Crippen LogP) is 7.05. The molecule has 8 aliphatic rings. The number of likely N-dealkylation sites (tertiary alicyclic amines) is 2. The average Bonchev–Trinajstić information content (AvgIpc) is 3.60. The van der Waals surface area contributed by atoms with Crippen molar-refractivity contribution < 1.29 is 29.0 Å². The van der Waals surface area contributed by atoms with Crippen LogP contribution in [0.1, 0.15) is 129 Å². The molecule has 3 saturated carbocycles. The minimum Gasteiger partial charge on any atom is -0.394 e. The molecule has 7 atom stereocenters. The van der Waals surface area contributed by atoms with Crippen molar-refractivity contribution in [1.82, 2.24) is 14.7 Å². The van der Waals surface area contributed by atoms with Crippen molar-refractivity contribution in [1.29, 1.82) is 0 Å². The molecule has 10 heteroatoms. The highest BCUT2D eigenvalue weighted by molar-refractivity contribution is 6.80. The summed E-state index contributed by atoms with van der Waals surface area (Å²) in [5.74, 6) is 2.17. The number of aliphatic hydroxyl groups is 1. The Morgan fingerprint density at radius 1 is 0.925 bits per heavy atom. The molecule has 0 bridgehead atoms. The summed E-state index contributed by atoms with van der Waals surface area (Å²) in [5.41, 5.74) is 2.28. The molecule has 1 N–H and O–H groups in total. The van der Waals surface area contributed by atoms with Crippen LogP contribution in [0, 0.1) is 23.7 Å². The van der Waals surface area contributed by atoms with Crippen LogP contribution in [0.5, 0.6) is 0 Å². The lowest BCUT2D eigenvalue weighted by Crippen LogP contribution is -2.53. The fraction of sp³-hybridized carbons (Fsp3) is 0.884. The molecule has 4 aliphatic heterocycles. The van der Waals surface area contributed by atoms with E-state index in [0.717, 1.165) is 103 Å². The number of ether oxygens (including phenoxy) is 2. The topological polar surface area (TPSA) is 99.6 Å². The zero-order valence-electron chi connectivity index (χ0n) is 33.4. The molecule has 1 spiro atoms. The summed E-state index contributed by atoms with van der Waals surface area (Å²) in [5, 5.41) is 10.6. The second kappa shape index (κ2) is 15.3. The number of amides is 3. The van der Waals surface area contributed by atoms with Gasteiger partial charge in [0.25, 0.3) is 5.91 Å². The molecule has 3 amide bonds. The largest absolute Gasteiger partial charge is 0.394 e. The summed E-state index contributed by atoms with van der Waals surface area (Å²) in [7, 11) is -0.260. The molecule has 2 unspecified atom stereocenters. The number of hydrogen-bond donors (Lipinski definition) is 1. The molecule has 296 valence electrons.